The number of likely N-dealkylation sites (tertiary alicyclic amines) is 1. The minimum atomic E-state index is 0.528. The maximum absolute atomic E-state index is 5.24. The van der Waals surface area contributed by atoms with Crippen LogP contribution in [0.25, 0.3) is 5.69 Å². The van der Waals surface area contributed by atoms with E-state index in [2.05, 4.69) is 42.8 Å². The van der Waals surface area contributed by atoms with Crippen LogP contribution in [0.15, 0.2) is 48.9 Å². The Kier molecular flexibility index (Phi) is 4.52. The highest BCUT2D eigenvalue weighted by Crippen LogP contribution is 2.26. The highest BCUT2D eigenvalue weighted by molar-refractivity contribution is 5.38. The van der Waals surface area contributed by atoms with Gasteiger partial charge < -0.3 is 9.30 Å². The van der Waals surface area contributed by atoms with Gasteiger partial charge in [-0.15, -0.1) is 0 Å². The standard InChI is InChI=1S/C19H23N5O/c1-25-17-6-4-16(5-7-17)24-12-10-20-19(24)14-23-11-2-3-15(13-23)18-8-9-21-22-18/h4-10,12,15H,2-3,11,13-14H2,1H3,(H,21,22)/t15-/m1/s1. The summed E-state index contributed by atoms with van der Waals surface area (Å²) in [6, 6.07) is 10.2. The first-order valence-electron chi connectivity index (χ1n) is 8.72. The predicted molar refractivity (Wildman–Crippen MR) is 96.0 cm³/mol. The molecule has 6 heteroatoms. The molecular formula is C19H23N5O. The number of H-pyrrole nitrogens is 1. The van der Waals surface area contributed by atoms with Crippen LogP contribution in [0.1, 0.15) is 30.3 Å². The van der Waals surface area contributed by atoms with Crippen molar-refractivity contribution in [2.45, 2.75) is 25.3 Å². The Morgan fingerprint density at radius 1 is 1.20 bits per heavy atom. The van der Waals surface area contributed by atoms with Crippen LogP contribution in [0.5, 0.6) is 5.75 Å². The summed E-state index contributed by atoms with van der Waals surface area (Å²) in [5, 5.41) is 7.22. The van der Waals surface area contributed by atoms with Crippen molar-refractivity contribution >= 4 is 0 Å². The van der Waals surface area contributed by atoms with Crippen molar-refractivity contribution in [2.24, 2.45) is 0 Å². The molecule has 6 nitrogen and oxygen atoms in total. The molecule has 0 aliphatic carbocycles. The van der Waals surface area contributed by atoms with Crippen molar-refractivity contribution in [3.05, 3.63) is 60.4 Å². The van der Waals surface area contributed by atoms with Gasteiger partial charge in [0.2, 0.25) is 0 Å². The van der Waals surface area contributed by atoms with Crippen LogP contribution in [0.2, 0.25) is 0 Å². The van der Waals surface area contributed by atoms with Gasteiger partial charge in [-0.1, -0.05) is 0 Å². The first-order chi connectivity index (χ1) is 12.3. The van der Waals surface area contributed by atoms with Crippen LogP contribution < -0.4 is 4.74 Å². The van der Waals surface area contributed by atoms with Crippen molar-refractivity contribution in [1.82, 2.24) is 24.6 Å². The smallest absolute Gasteiger partial charge is 0.127 e. The van der Waals surface area contributed by atoms with E-state index >= 15 is 0 Å². The van der Waals surface area contributed by atoms with E-state index in [0.29, 0.717) is 5.92 Å². The molecule has 1 N–H and O–H groups in total. The lowest BCUT2D eigenvalue weighted by atomic mass is 9.95. The zero-order chi connectivity index (χ0) is 17.1. The third-order valence-corrected chi connectivity index (χ3v) is 4.90. The molecule has 1 atom stereocenters. The first kappa shape index (κ1) is 15.9. The number of methoxy groups -OCH3 is 1. The van der Waals surface area contributed by atoms with Crippen LogP contribution in [-0.4, -0.2) is 44.8 Å². The normalized spacial score (nSPS) is 18.4. The summed E-state index contributed by atoms with van der Waals surface area (Å²) in [5.41, 5.74) is 2.35. The van der Waals surface area contributed by atoms with Crippen molar-refractivity contribution in [1.29, 1.82) is 0 Å². The largest absolute Gasteiger partial charge is 0.497 e. The molecular weight excluding hydrogens is 314 g/mol. The molecule has 25 heavy (non-hydrogen) atoms. The third-order valence-electron chi connectivity index (χ3n) is 4.90. The Hall–Kier alpha value is -2.60. The lowest BCUT2D eigenvalue weighted by molar-refractivity contribution is 0.193. The fourth-order valence-electron chi connectivity index (χ4n) is 3.58. The molecule has 3 heterocycles. The fraction of sp³-hybridized carbons (Fsp3) is 0.368. The predicted octanol–water partition coefficient (Wildman–Crippen LogP) is 2.98. The number of ether oxygens (including phenoxy) is 1. The van der Waals surface area contributed by atoms with Crippen molar-refractivity contribution < 1.29 is 4.74 Å². The topological polar surface area (TPSA) is 59.0 Å². The lowest BCUT2D eigenvalue weighted by Gasteiger charge is -2.32. The zero-order valence-electron chi connectivity index (χ0n) is 14.4. The van der Waals surface area contributed by atoms with Crippen molar-refractivity contribution in [3.63, 3.8) is 0 Å². The maximum Gasteiger partial charge on any atom is 0.127 e. The van der Waals surface area contributed by atoms with Gasteiger partial charge in [-0.25, -0.2) is 4.98 Å². The summed E-state index contributed by atoms with van der Waals surface area (Å²) in [4.78, 5) is 7.07. The molecule has 0 radical (unpaired) electrons. The number of imidazole rings is 1. The van der Waals surface area contributed by atoms with E-state index in [9.17, 15) is 0 Å². The highest BCUT2D eigenvalue weighted by atomic mass is 16.5. The summed E-state index contributed by atoms with van der Waals surface area (Å²) in [7, 11) is 1.68. The van der Waals surface area contributed by atoms with E-state index in [1.807, 2.05) is 30.7 Å². The monoisotopic (exact) mass is 337 g/mol. The molecule has 0 bridgehead atoms. The van der Waals surface area contributed by atoms with Gasteiger partial charge in [0.25, 0.3) is 0 Å². The summed E-state index contributed by atoms with van der Waals surface area (Å²) in [5.74, 6) is 2.46. The van der Waals surface area contributed by atoms with Gasteiger partial charge in [0.1, 0.15) is 11.6 Å². The Bertz CT molecular complexity index is 794. The third kappa shape index (κ3) is 3.44. The van der Waals surface area contributed by atoms with Crippen LogP contribution in [0.3, 0.4) is 0 Å². The number of nitrogens with zero attached hydrogens (tertiary/aromatic N) is 4. The Labute approximate surface area is 147 Å². The zero-order valence-corrected chi connectivity index (χ0v) is 14.4. The molecule has 4 rings (SSSR count). The van der Waals surface area contributed by atoms with E-state index < -0.39 is 0 Å². The minimum Gasteiger partial charge on any atom is -0.497 e. The van der Waals surface area contributed by atoms with E-state index in [4.69, 9.17) is 4.74 Å². The summed E-state index contributed by atoms with van der Waals surface area (Å²) < 4.78 is 7.40. The molecule has 0 saturated carbocycles. The number of nitrogens with one attached hydrogen (secondary N) is 1. The Balaban J connectivity index is 1.48. The molecule has 1 aromatic carbocycles. The molecule has 3 aromatic rings. The quantitative estimate of drug-likeness (QED) is 0.777. The van der Waals surface area contributed by atoms with Crippen LogP contribution >= 0.6 is 0 Å². The SMILES string of the molecule is COc1ccc(-n2ccnc2CN2CCC[C@@H](c3ccn[nH]3)C2)cc1. The summed E-state index contributed by atoms with van der Waals surface area (Å²) in [6.45, 7) is 3.00. The number of benzene rings is 1. The average Bonchev–Trinajstić information content (AvgIpc) is 3.34. The van der Waals surface area contributed by atoms with Crippen LogP contribution in [-0.2, 0) is 6.54 Å². The van der Waals surface area contributed by atoms with Gasteiger partial charge in [0.15, 0.2) is 0 Å². The van der Waals surface area contributed by atoms with E-state index in [1.54, 1.807) is 7.11 Å². The molecule has 1 aliphatic heterocycles. The number of rotatable bonds is 5. The second kappa shape index (κ2) is 7.11. The number of piperidine rings is 1. The van der Waals surface area contributed by atoms with Crippen molar-refractivity contribution in [3.8, 4) is 11.4 Å². The fourth-order valence-corrected chi connectivity index (χ4v) is 3.58. The summed E-state index contributed by atoms with van der Waals surface area (Å²) >= 11 is 0. The minimum absolute atomic E-state index is 0.528. The molecule has 0 amide bonds. The van der Waals surface area contributed by atoms with Gasteiger partial charge in [-0.05, 0) is 49.7 Å². The first-order valence-corrected chi connectivity index (χ1v) is 8.72. The van der Waals surface area contributed by atoms with Crippen LogP contribution in [0.4, 0.5) is 0 Å². The molecule has 0 spiro atoms. The molecule has 1 aliphatic rings. The van der Waals surface area contributed by atoms with Gasteiger partial charge in [-0.3, -0.25) is 10.00 Å². The van der Waals surface area contributed by atoms with E-state index in [0.717, 1.165) is 36.9 Å². The highest BCUT2D eigenvalue weighted by Gasteiger charge is 2.23. The number of hydrogen-bond acceptors (Lipinski definition) is 4. The van der Waals surface area contributed by atoms with Crippen molar-refractivity contribution in [2.75, 3.05) is 20.2 Å². The Morgan fingerprint density at radius 3 is 2.84 bits per heavy atom. The van der Waals surface area contributed by atoms with Gasteiger partial charge in [0, 0.05) is 42.4 Å². The number of aromatic amines is 1. The summed E-state index contributed by atoms with van der Waals surface area (Å²) in [6.07, 6.45) is 8.15. The van der Waals surface area contributed by atoms with Crippen LogP contribution in [0, 0.1) is 0 Å². The molecule has 2 aromatic heterocycles. The van der Waals surface area contributed by atoms with Gasteiger partial charge in [-0.2, -0.15) is 5.10 Å². The maximum atomic E-state index is 5.24. The van der Waals surface area contributed by atoms with Gasteiger partial charge in [0.05, 0.1) is 13.7 Å². The molecule has 0 unspecified atom stereocenters. The molecule has 1 saturated heterocycles. The second-order valence-electron chi connectivity index (χ2n) is 6.50. The number of aromatic nitrogens is 4. The second-order valence-corrected chi connectivity index (χ2v) is 6.50. The lowest BCUT2D eigenvalue weighted by Crippen LogP contribution is -2.34. The number of hydrogen-bond donors (Lipinski definition) is 1. The Morgan fingerprint density at radius 2 is 2.08 bits per heavy atom. The average molecular weight is 337 g/mol. The van der Waals surface area contributed by atoms with E-state index in [1.165, 1.54) is 18.5 Å². The van der Waals surface area contributed by atoms with Gasteiger partial charge >= 0.3 is 0 Å². The van der Waals surface area contributed by atoms with E-state index in [-0.39, 0.29) is 0 Å². The molecule has 1 fully saturated rings. The molecule has 130 valence electrons.